The predicted molar refractivity (Wildman–Crippen MR) is 79.2 cm³/mol. The van der Waals surface area contributed by atoms with Crippen LogP contribution in [0.4, 0.5) is 4.79 Å². The minimum Gasteiger partial charge on any atom is -0.480 e. The second kappa shape index (κ2) is 6.04. The van der Waals surface area contributed by atoms with Crippen molar-refractivity contribution in [1.82, 2.24) is 10.2 Å². The number of aliphatic carboxylic acids is 1. The van der Waals surface area contributed by atoms with Crippen molar-refractivity contribution in [3.05, 3.63) is 0 Å². The Labute approximate surface area is 128 Å². The van der Waals surface area contributed by atoms with Crippen LogP contribution in [0.25, 0.3) is 0 Å². The number of amides is 2. The van der Waals surface area contributed by atoms with E-state index in [0.29, 0.717) is 11.7 Å². The Balaban J connectivity index is 1.64. The van der Waals surface area contributed by atoms with Crippen LogP contribution in [-0.2, 0) is 9.53 Å². The quantitative estimate of drug-likeness (QED) is 0.822. The summed E-state index contributed by atoms with van der Waals surface area (Å²) in [5, 5.41) is 12.4. The predicted octanol–water partition coefficient (Wildman–Crippen LogP) is 1.50. The minimum atomic E-state index is -0.901. The number of nitrogens with zero attached hydrogens (tertiary/aromatic N) is 1. The van der Waals surface area contributed by atoms with Gasteiger partial charge in [-0.05, 0) is 38.0 Å². The number of methoxy groups -OCH3 is 1. The number of urea groups is 1. The van der Waals surface area contributed by atoms with E-state index < -0.39 is 12.0 Å². The Hall–Kier alpha value is -0.950. The molecule has 4 atom stereocenters. The molecule has 0 aromatic carbocycles. The normalized spacial score (nSPS) is 36.0. The third kappa shape index (κ3) is 3.13. The number of ether oxygens (including phenoxy) is 1. The molecule has 2 aliphatic carbocycles. The number of carboxylic acid groups (broad SMARTS) is 1. The molecule has 118 valence electrons. The first kappa shape index (κ1) is 15.0. The third-order valence-corrected chi connectivity index (χ3v) is 6.09. The number of carbonyl (C=O) groups excluding carboxylic acids is 1. The molecule has 0 aromatic heterocycles. The van der Waals surface area contributed by atoms with Crippen LogP contribution in [-0.4, -0.2) is 58.4 Å². The Morgan fingerprint density at radius 2 is 2.05 bits per heavy atom. The lowest BCUT2D eigenvalue weighted by Gasteiger charge is -2.29. The van der Waals surface area contributed by atoms with Gasteiger partial charge in [0.15, 0.2) is 0 Å². The number of carboxylic acids is 1. The van der Waals surface area contributed by atoms with E-state index >= 15 is 0 Å². The smallest absolute Gasteiger partial charge is 0.327 e. The lowest BCUT2D eigenvalue weighted by atomic mass is 10.2. The monoisotopic (exact) mass is 314 g/mol. The largest absolute Gasteiger partial charge is 0.480 e. The highest BCUT2D eigenvalue weighted by molar-refractivity contribution is 8.00. The van der Waals surface area contributed by atoms with Crippen LogP contribution in [0.1, 0.15) is 32.1 Å². The number of nitrogens with one attached hydrogen (secondary N) is 1. The third-order valence-electron chi connectivity index (χ3n) is 4.63. The molecule has 2 N–H and O–H groups in total. The molecule has 1 saturated heterocycles. The maximum absolute atomic E-state index is 12.6. The van der Waals surface area contributed by atoms with Gasteiger partial charge in [-0.3, -0.25) is 4.90 Å². The molecule has 21 heavy (non-hydrogen) atoms. The number of hydrogen-bond donors (Lipinski definition) is 2. The summed E-state index contributed by atoms with van der Waals surface area (Å²) in [5.41, 5.74) is 0. The first-order chi connectivity index (χ1) is 10.1. The molecule has 0 spiro atoms. The summed E-state index contributed by atoms with van der Waals surface area (Å²) in [4.78, 5) is 25.5. The minimum absolute atomic E-state index is 0.0331. The van der Waals surface area contributed by atoms with E-state index in [4.69, 9.17) is 4.74 Å². The summed E-state index contributed by atoms with van der Waals surface area (Å²) in [5.74, 6) is 0.0670. The van der Waals surface area contributed by atoms with Gasteiger partial charge in [-0.2, -0.15) is 0 Å². The topological polar surface area (TPSA) is 78.9 Å². The van der Waals surface area contributed by atoms with E-state index in [1.807, 2.05) is 0 Å². The van der Waals surface area contributed by atoms with Gasteiger partial charge in [0.05, 0.1) is 11.5 Å². The van der Waals surface area contributed by atoms with Gasteiger partial charge in [0.25, 0.3) is 0 Å². The molecule has 3 fully saturated rings. The van der Waals surface area contributed by atoms with Gasteiger partial charge in [0.1, 0.15) is 6.04 Å². The fourth-order valence-corrected chi connectivity index (χ4v) is 4.88. The molecule has 6 nitrogen and oxygen atoms in total. The lowest BCUT2D eigenvalue weighted by molar-refractivity contribution is -0.141. The zero-order valence-electron chi connectivity index (χ0n) is 12.2. The standard InChI is InChI=1S/C14H22N2O4S/c1-20-10-5-4-9(6-10)15-14(19)16-11(13(17)18)7-21-12(16)8-2-3-8/h8-12H,2-7H2,1H3,(H,15,19)(H,17,18). The fourth-order valence-electron chi connectivity index (χ4n) is 3.25. The van der Waals surface area contributed by atoms with Crippen LogP contribution >= 0.6 is 11.8 Å². The zero-order chi connectivity index (χ0) is 15.0. The fraction of sp³-hybridized carbons (Fsp3) is 0.857. The molecule has 4 unspecified atom stereocenters. The van der Waals surface area contributed by atoms with Gasteiger partial charge >= 0.3 is 12.0 Å². The second-order valence-corrected chi connectivity index (χ2v) is 7.29. The van der Waals surface area contributed by atoms with E-state index in [1.165, 1.54) is 0 Å². The number of hydrogen-bond acceptors (Lipinski definition) is 4. The summed E-state index contributed by atoms with van der Waals surface area (Å²) in [7, 11) is 1.69. The van der Waals surface area contributed by atoms with Gasteiger partial charge in [-0.25, -0.2) is 9.59 Å². The highest BCUT2D eigenvalue weighted by Crippen LogP contribution is 2.45. The molecule has 3 rings (SSSR count). The van der Waals surface area contributed by atoms with Crippen molar-refractivity contribution in [3.8, 4) is 0 Å². The average molecular weight is 314 g/mol. The van der Waals surface area contributed by atoms with Crippen molar-refractivity contribution in [3.63, 3.8) is 0 Å². The molecule has 3 aliphatic rings. The van der Waals surface area contributed by atoms with Crippen molar-refractivity contribution in [2.24, 2.45) is 5.92 Å². The zero-order valence-corrected chi connectivity index (χ0v) is 13.0. The second-order valence-electron chi connectivity index (χ2n) is 6.14. The Morgan fingerprint density at radius 3 is 2.62 bits per heavy atom. The highest BCUT2D eigenvalue weighted by Gasteiger charge is 2.48. The van der Waals surface area contributed by atoms with Crippen LogP contribution < -0.4 is 5.32 Å². The lowest BCUT2D eigenvalue weighted by Crippen LogP contribution is -2.52. The Bertz CT molecular complexity index is 429. The molecule has 0 radical (unpaired) electrons. The number of thioether (sulfide) groups is 1. The van der Waals surface area contributed by atoms with Crippen LogP contribution in [0, 0.1) is 5.92 Å². The van der Waals surface area contributed by atoms with Crippen molar-refractivity contribution >= 4 is 23.8 Å². The van der Waals surface area contributed by atoms with Crippen molar-refractivity contribution < 1.29 is 19.4 Å². The first-order valence-corrected chi connectivity index (χ1v) is 8.61. The molecular formula is C14H22N2O4S. The maximum atomic E-state index is 12.6. The van der Waals surface area contributed by atoms with Crippen molar-refractivity contribution in [1.29, 1.82) is 0 Å². The molecule has 2 saturated carbocycles. The molecule has 0 bridgehead atoms. The highest BCUT2D eigenvalue weighted by atomic mass is 32.2. The Kier molecular flexibility index (Phi) is 4.31. The van der Waals surface area contributed by atoms with E-state index in [-0.39, 0.29) is 23.6 Å². The van der Waals surface area contributed by atoms with Gasteiger partial charge in [-0.1, -0.05) is 0 Å². The van der Waals surface area contributed by atoms with Gasteiger partial charge < -0.3 is 15.2 Å². The van der Waals surface area contributed by atoms with Crippen LogP contribution in [0.15, 0.2) is 0 Å². The summed E-state index contributed by atoms with van der Waals surface area (Å²) in [6, 6.07) is -0.811. The SMILES string of the molecule is COC1CCC(NC(=O)N2C(C(=O)O)CSC2C2CC2)C1. The van der Waals surface area contributed by atoms with Crippen molar-refractivity contribution in [2.45, 2.75) is 55.7 Å². The van der Waals surface area contributed by atoms with E-state index in [2.05, 4.69) is 5.32 Å². The molecule has 2 amide bonds. The summed E-state index contributed by atoms with van der Waals surface area (Å²) in [6.45, 7) is 0. The van der Waals surface area contributed by atoms with Gasteiger partial charge in [-0.15, -0.1) is 11.8 Å². The first-order valence-electron chi connectivity index (χ1n) is 7.56. The molecule has 1 aliphatic heterocycles. The number of carbonyl (C=O) groups is 2. The van der Waals surface area contributed by atoms with Crippen LogP contribution in [0.5, 0.6) is 0 Å². The molecule has 1 heterocycles. The Morgan fingerprint density at radius 1 is 1.29 bits per heavy atom. The average Bonchev–Trinajstić information content (AvgIpc) is 3.03. The molecule has 7 heteroatoms. The van der Waals surface area contributed by atoms with Crippen molar-refractivity contribution in [2.75, 3.05) is 12.9 Å². The van der Waals surface area contributed by atoms with Crippen LogP contribution in [0.3, 0.4) is 0 Å². The maximum Gasteiger partial charge on any atom is 0.327 e. The summed E-state index contributed by atoms with van der Waals surface area (Å²) >= 11 is 1.61. The van der Waals surface area contributed by atoms with E-state index in [0.717, 1.165) is 32.1 Å². The molecular weight excluding hydrogens is 292 g/mol. The summed E-state index contributed by atoms with van der Waals surface area (Å²) < 4.78 is 5.31. The summed E-state index contributed by atoms with van der Waals surface area (Å²) in [6.07, 6.45) is 5.07. The van der Waals surface area contributed by atoms with Gasteiger partial charge in [0, 0.05) is 18.9 Å². The number of rotatable bonds is 4. The van der Waals surface area contributed by atoms with E-state index in [9.17, 15) is 14.7 Å². The van der Waals surface area contributed by atoms with Gasteiger partial charge in [0.2, 0.25) is 0 Å². The van der Waals surface area contributed by atoms with E-state index in [1.54, 1.807) is 23.8 Å². The molecule has 0 aromatic rings. The van der Waals surface area contributed by atoms with Crippen LogP contribution in [0.2, 0.25) is 0 Å².